The number of rotatable bonds is 3. The Kier molecular flexibility index (Phi) is 3.55. The van der Waals surface area contributed by atoms with Crippen LogP contribution in [0.15, 0.2) is 36.5 Å². The van der Waals surface area contributed by atoms with Crippen LogP contribution in [0.4, 0.5) is 0 Å². The second-order valence-electron chi connectivity index (χ2n) is 4.65. The summed E-state index contributed by atoms with van der Waals surface area (Å²) in [6.45, 7) is 1.99. The van der Waals surface area contributed by atoms with Gasteiger partial charge in [0.2, 0.25) is 0 Å². The van der Waals surface area contributed by atoms with E-state index in [4.69, 9.17) is 23.2 Å². The van der Waals surface area contributed by atoms with Gasteiger partial charge >= 0.3 is 0 Å². The zero-order valence-corrected chi connectivity index (χ0v) is 12.4. The summed E-state index contributed by atoms with van der Waals surface area (Å²) in [5, 5.41) is 1.23. The maximum atomic E-state index is 6.24. The molecule has 0 bridgehead atoms. The van der Waals surface area contributed by atoms with Crippen LogP contribution in [0.25, 0.3) is 11.3 Å². The second kappa shape index (κ2) is 5.35. The van der Waals surface area contributed by atoms with Crippen LogP contribution in [0, 0.1) is 6.92 Å². The van der Waals surface area contributed by atoms with E-state index in [1.165, 1.54) is 0 Å². The number of H-pyrrole nitrogens is 2. The minimum atomic E-state index is 0.610. The van der Waals surface area contributed by atoms with E-state index in [1.807, 2.05) is 37.4 Å². The molecule has 0 aliphatic heterocycles. The molecule has 0 unspecified atom stereocenters. The molecule has 102 valence electrons. The van der Waals surface area contributed by atoms with E-state index in [0.717, 1.165) is 34.9 Å². The summed E-state index contributed by atoms with van der Waals surface area (Å²) >= 11 is 12.2. The van der Waals surface area contributed by atoms with Gasteiger partial charge in [-0.25, -0.2) is 4.98 Å². The van der Waals surface area contributed by atoms with Gasteiger partial charge in [0.15, 0.2) is 0 Å². The highest BCUT2D eigenvalue weighted by Gasteiger charge is 2.12. The van der Waals surface area contributed by atoms with Crippen molar-refractivity contribution in [2.75, 3.05) is 0 Å². The standard InChI is InChI=1S/C15H13Cl2N3/c1-9-15(12-5-4-10(16)7-13(12)17)20-14(19-9)8-11-3-2-6-18-11/h2-7,18H,8H2,1H3,(H,19,20). The van der Waals surface area contributed by atoms with Crippen molar-refractivity contribution >= 4 is 23.2 Å². The summed E-state index contributed by atoms with van der Waals surface area (Å²) < 4.78 is 0. The molecule has 0 aliphatic rings. The molecule has 3 aromatic rings. The molecule has 0 radical (unpaired) electrons. The Hall–Kier alpha value is -1.71. The number of benzene rings is 1. The lowest BCUT2D eigenvalue weighted by molar-refractivity contribution is 0.984. The van der Waals surface area contributed by atoms with Gasteiger partial charge in [-0.1, -0.05) is 23.2 Å². The fourth-order valence-electron chi connectivity index (χ4n) is 2.21. The molecule has 0 saturated carbocycles. The van der Waals surface area contributed by atoms with Gasteiger partial charge in [0.1, 0.15) is 5.82 Å². The van der Waals surface area contributed by atoms with Crippen LogP contribution in [0.3, 0.4) is 0 Å². The smallest absolute Gasteiger partial charge is 0.112 e. The molecule has 3 rings (SSSR count). The summed E-state index contributed by atoms with van der Waals surface area (Å²) in [5.41, 5.74) is 3.87. The fraction of sp³-hybridized carbons (Fsp3) is 0.133. The van der Waals surface area contributed by atoms with Crippen molar-refractivity contribution in [1.82, 2.24) is 15.0 Å². The second-order valence-corrected chi connectivity index (χ2v) is 5.50. The number of hydrogen-bond acceptors (Lipinski definition) is 1. The monoisotopic (exact) mass is 305 g/mol. The number of nitrogens with one attached hydrogen (secondary N) is 2. The van der Waals surface area contributed by atoms with E-state index in [0.29, 0.717) is 10.0 Å². The quantitative estimate of drug-likeness (QED) is 0.729. The first-order valence-corrected chi connectivity index (χ1v) is 7.02. The molecule has 2 N–H and O–H groups in total. The van der Waals surface area contributed by atoms with Crippen LogP contribution in [-0.2, 0) is 6.42 Å². The van der Waals surface area contributed by atoms with Crippen molar-refractivity contribution < 1.29 is 0 Å². The maximum Gasteiger partial charge on any atom is 0.112 e. The third-order valence-electron chi connectivity index (χ3n) is 3.14. The number of hydrogen-bond donors (Lipinski definition) is 2. The van der Waals surface area contributed by atoms with Crippen molar-refractivity contribution in [3.63, 3.8) is 0 Å². The van der Waals surface area contributed by atoms with Crippen LogP contribution in [0.5, 0.6) is 0 Å². The Morgan fingerprint density at radius 1 is 1.20 bits per heavy atom. The molecule has 3 nitrogen and oxygen atoms in total. The van der Waals surface area contributed by atoms with Crippen LogP contribution in [0.1, 0.15) is 17.2 Å². The third-order valence-corrected chi connectivity index (χ3v) is 3.69. The molecule has 0 aliphatic carbocycles. The van der Waals surface area contributed by atoms with E-state index in [2.05, 4.69) is 15.0 Å². The number of halogens is 2. The normalized spacial score (nSPS) is 10.9. The summed E-state index contributed by atoms with van der Waals surface area (Å²) in [4.78, 5) is 11.1. The van der Waals surface area contributed by atoms with Gasteiger partial charge in [-0.2, -0.15) is 0 Å². The Balaban J connectivity index is 1.96. The average molecular weight is 306 g/mol. The Labute approximate surface area is 127 Å². The first-order valence-electron chi connectivity index (χ1n) is 6.26. The van der Waals surface area contributed by atoms with Gasteiger partial charge in [0.05, 0.1) is 10.7 Å². The zero-order valence-electron chi connectivity index (χ0n) is 10.9. The van der Waals surface area contributed by atoms with Crippen molar-refractivity contribution in [2.24, 2.45) is 0 Å². The third kappa shape index (κ3) is 2.60. The summed E-state index contributed by atoms with van der Waals surface area (Å²) in [5.74, 6) is 0.908. The molecule has 2 heterocycles. The Bertz CT molecular complexity index is 730. The minimum absolute atomic E-state index is 0.610. The van der Waals surface area contributed by atoms with Crippen LogP contribution < -0.4 is 0 Å². The summed E-state index contributed by atoms with van der Waals surface area (Å²) in [7, 11) is 0. The lowest BCUT2D eigenvalue weighted by atomic mass is 10.1. The van der Waals surface area contributed by atoms with Gasteiger partial charge < -0.3 is 9.97 Å². The molecule has 0 fully saturated rings. The highest BCUT2D eigenvalue weighted by Crippen LogP contribution is 2.31. The van der Waals surface area contributed by atoms with Crippen molar-refractivity contribution in [2.45, 2.75) is 13.3 Å². The van der Waals surface area contributed by atoms with E-state index in [1.54, 1.807) is 6.07 Å². The molecule has 0 spiro atoms. The summed E-state index contributed by atoms with van der Waals surface area (Å²) in [6.07, 6.45) is 2.64. The number of aryl methyl sites for hydroxylation is 1. The number of aromatic amines is 2. The molecule has 20 heavy (non-hydrogen) atoms. The average Bonchev–Trinajstić information content (AvgIpc) is 3.00. The van der Waals surface area contributed by atoms with Gasteiger partial charge in [0.25, 0.3) is 0 Å². The van der Waals surface area contributed by atoms with E-state index in [9.17, 15) is 0 Å². The molecule has 2 aromatic heterocycles. The lowest BCUT2D eigenvalue weighted by Gasteiger charge is -2.02. The number of aromatic nitrogens is 3. The van der Waals surface area contributed by atoms with Gasteiger partial charge in [0, 0.05) is 34.6 Å². The first kappa shape index (κ1) is 13.3. The number of imidazole rings is 1. The molecule has 0 saturated heterocycles. The van der Waals surface area contributed by atoms with Gasteiger partial charge in [-0.05, 0) is 37.3 Å². The van der Waals surface area contributed by atoms with Crippen LogP contribution in [0.2, 0.25) is 10.0 Å². The Morgan fingerprint density at radius 3 is 2.75 bits per heavy atom. The van der Waals surface area contributed by atoms with E-state index >= 15 is 0 Å². The predicted octanol–water partition coefficient (Wildman–Crippen LogP) is 4.61. The maximum absolute atomic E-state index is 6.24. The van der Waals surface area contributed by atoms with Gasteiger partial charge in [-0.15, -0.1) is 0 Å². The van der Waals surface area contributed by atoms with Gasteiger partial charge in [-0.3, -0.25) is 0 Å². The van der Waals surface area contributed by atoms with E-state index in [-0.39, 0.29) is 0 Å². The number of nitrogens with zero attached hydrogens (tertiary/aromatic N) is 1. The summed E-state index contributed by atoms with van der Waals surface area (Å²) in [6, 6.07) is 9.46. The van der Waals surface area contributed by atoms with Crippen LogP contribution >= 0.6 is 23.2 Å². The highest BCUT2D eigenvalue weighted by atomic mass is 35.5. The molecule has 0 atom stereocenters. The highest BCUT2D eigenvalue weighted by molar-refractivity contribution is 6.36. The van der Waals surface area contributed by atoms with Crippen LogP contribution in [-0.4, -0.2) is 15.0 Å². The van der Waals surface area contributed by atoms with Crippen molar-refractivity contribution in [3.05, 3.63) is 63.8 Å². The molecule has 0 amide bonds. The predicted molar refractivity (Wildman–Crippen MR) is 82.4 cm³/mol. The largest absolute Gasteiger partial charge is 0.365 e. The van der Waals surface area contributed by atoms with Crippen molar-refractivity contribution in [3.8, 4) is 11.3 Å². The first-order chi connectivity index (χ1) is 9.63. The Morgan fingerprint density at radius 2 is 2.05 bits per heavy atom. The molecular formula is C15H13Cl2N3. The SMILES string of the molecule is Cc1[nH]c(Cc2ccc[nH]2)nc1-c1ccc(Cl)cc1Cl. The zero-order chi connectivity index (χ0) is 14.1. The fourth-order valence-corrected chi connectivity index (χ4v) is 2.71. The minimum Gasteiger partial charge on any atom is -0.365 e. The molecular weight excluding hydrogens is 293 g/mol. The van der Waals surface area contributed by atoms with E-state index < -0.39 is 0 Å². The topological polar surface area (TPSA) is 44.5 Å². The molecule has 1 aromatic carbocycles. The molecule has 5 heteroatoms. The lowest BCUT2D eigenvalue weighted by Crippen LogP contribution is -1.90. The van der Waals surface area contributed by atoms with Crippen molar-refractivity contribution in [1.29, 1.82) is 0 Å².